The number of nitrogens with zero attached hydrogens (tertiary/aromatic N) is 1. The summed E-state index contributed by atoms with van der Waals surface area (Å²) < 4.78 is 0. The molecule has 2 unspecified atom stereocenters. The smallest absolute Gasteiger partial charge is 0.343 e. The van der Waals surface area contributed by atoms with E-state index in [1.54, 1.807) is 24.4 Å². The molecule has 0 spiro atoms. The first-order valence-electron chi connectivity index (χ1n) is 8.31. The molecule has 6 N–H and O–H groups in total. The van der Waals surface area contributed by atoms with Crippen molar-refractivity contribution in [3.05, 3.63) is 70.9 Å². The highest BCUT2D eigenvalue weighted by atomic mass is 35.5. The van der Waals surface area contributed by atoms with Gasteiger partial charge in [-0.05, 0) is 36.8 Å². The number of fused-ring (bicyclic) bond motifs is 1. The average molecular weight is 419 g/mol. The van der Waals surface area contributed by atoms with Crippen LogP contribution in [-0.4, -0.2) is 43.5 Å². The first kappa shape index (κ1) is 22.1. The third-order valence-electron chi connectivity index (χ3n) is 4.25. The number of halogens is 1. The summed E-state index contributed by atoms with van der Waals surface area (Å²) in [6.07, 6.45) is -0.769. The van der Waals surface area contributed by atoms with Gasteiger partial charge in [-0.25, -0.2) is 9.59 Å². The lowest BCUT2D eigenvalue weighted by atomic mass is 9.85. The highest BCUT2D eigenvalue weighted by molar-refractivity contribution is 6.31. The van der Waals surface area contributed by atoms with Crippen LogP contribution in [0.1, 0.15) is 11.1 Å². The monoisotopic (exact) mass is 418 g/mol. The first-order chi connectivity index (χ1) is 13.6. The number of aliphatic hydroxyl groups is 2. The molecule has 0 saturated carbocycles. The molecule has 2 aromatic carbocycles. The summed E-state index contributed by atoms with van der Waals surface area (Å²) in [4.78, 5) is 25.8. The van der Waals surface area contributed by atoms with E-state index in [-0.39, 0.29) is 5.56 Å². The minimum Gasteiger partial charge on any atom is -0.479 e. The normalized spacial score (nSPS) is 13.7. The molecule has 0 saturated heterocycles. The van der Waals surface area contributed by atoms with Gasteiger partial charge < -0.3 is 26.2 Å². The SMILES string of the molecule is Cc1ccccc1C(O)(C(=O)O)C(O)C(=O)O.Nc1ccnc2cc(Cl)ccc12. The Morgan fingerprint density at radius 1 is 1.14 bits per heavy atom. The zero-order valence-electron chi connectivity index (χ0n) is 15.3. The molecule has 0 fully saturated rings. The number of hydrogen-bond donors (Lipinski definition) is 5. The fourth-order valence-electron chi connectivity index (χ4n) is 2.70. The summed E-state index contributed by atoms with van der Waals surface area (Å²) in [6.45, 7) is 1.51. The van der Waals surface area contributed by atoms with Crippen molar-refractivity contribution in [1.29, 1.82) is 0 Å². The third kappa shape index (κ3) is 4.62. The Kier molecular flexibility index (Phi) is 6.76. The van der Waals surface area contributed by atoms with Crippen molar-refractivity contribution < 1.29 is 30.0 Å². The van der Waals surface area contributed by atoms with Gasteiger partial charge in [0.1, 0.15) is 0 Å². The molecule has 29 heavy (non-hydrogen) atoms. The van der Waals surface area contributed by atoms with Crippen molar-refractivity contribution in [2.24, 2.45) is 0 Å². The summed E-state index contributed by atoms with van der Waals surface area (Å²) in [5.74, 6) is -3.63. The average Bonchev–Trinajstić information content (AvgIpc) is 2.67. The van der Waals surface area contributed by atoms with E-state index in [9.17, 15) is 19.8 Å². The van der Waals surface area contributed by atoms with Crippen LogP contribution in [0.15, 0.2) is 54.7 Å². The number of nitrogen functional groups attached to an aromatic ring is 1. The van der Waals surface area contributed by atoms with Crippen molar-refractivity contribution in [3.8, 4) is 0 Å². The number of anilines is 1. The van der Waals surface area contributed by atoms with Crippen LogP contribution < -0.4 is 5.73 Å². The summed E-state index contributed by atoms with van der Waals surface area (Å²) in [7, 11) is 0. The zero-order valence-corrected chi connectivity index (χ0v) is 16.0. The van der Waals surface area contributed by atoms with E-state index < -0.39 is 23.6 Å². The van der Waals surface area contributed by atoms with Gasteiger partial charge in [0, 0.05) is 27.9 Å². The van der Waals surface area contributed by atoms with Gasteiger partial charge >= 0.3 is 11.9 Å². The van der Waals surface area contributed by atoms with Crippen LogP contribution in [0.4, 0.5) is 5.69 Å². The summed E-state index contributed by atoms with van der Waals surface area (Å²) in [6, 6.07) is 13.1. The van der Waals surface area contributed by atoms with Crippen molar-refractivity contribution in [3.63, 3.8) is 0 Å². The maximum atomic E-state index is 11.0. The lowest BCUT2D eigenvalue weighted by Gasteiger charge is -2.27. The van der Waals surface area contributed by atoms with Crippen molar-refractivity contribution in [2.75, 3.05) is 5.73 Å². The quantitative estimate of drug-likeness (QED) is 0.432. The van der Waals surface area contributed by atoms with Crippen LogP contribution in [0.25, 0.3) is 10.9 Å². The minimum atomic E-state index is -2.86. The van der Waals surface area contributed by atoms with E-state index in [1.165, 1.54) is 25.1 Å². The Labute approximate surface area is 170 Å². The molecule has 0 aliphatic heterocycles. The van der Waals surface area contributed by atoms with Gasteiger partial charge in [-0.3, -0.25) is 4.98 Å². The van der Waals surface area contributed by atoms with Gasteiger partial charge in [-0.15, -0.1) is 0 Å². The molecule has 1 heterocycles. The molecular weight excluding hydrogens is 400 g/mol. The second-order valence-corrected chi connectivity index (χ2v) is 6.63. The Balaban J connectivity index is 0.000000218. The Morgan fingerprint density at radius 3 is 2.38 bits per heavy atom. The fraction of sp³-hybridized carbons (Fsp3) is 0.150. The number of aromatic nitrogens is 1. The Morgan fingerprint density at radius 2 is 1.79 bits per heavy atom. The molecule has 0 aliphatic rings. The van der Waals surface area contributed by atoms with Gasteiger partial charge in [0.15, 0.2) is 6.10 Å². The van der Waals surface area contributed by atoms with Gasteiger partial charge in [-0.1, -0.05) is 35.9 Å². The number of benzene rings is 2. The van der Waals surface area contributed by atoms with Gasteiger partial charge in [-0.2, -0.15) is 0 Å². The van der Waals surface area contributed by atoms with Crippen molar-refractivity contribution >= 4 is 40.1 Å². The number of hydrogen-bond acceptors (Lipinski definition) is 6. The molecule has 1 aromatic heterocycles. The fourth-order valence-corrected chi connectivity index (χ4v) is 2.87. The Bertz CT molecular complexity index is 1060. The van der Waals surface area contributed by atoms with Crippen LogP contribution in [0.2, 0.25) is 5.02 Å². The number of carbonyl (C=O) groups is 2. The Hall–Kier alpha value is -3.20. The van der Waals surface area contributed by atoms with E-state index in [4.69, 9.17) is 27.5 Å². The molecule has 0 aliphatic carbocycles. The molecule has 0 amide bonds. The van der Waals surface area contributed by atoms with Gasteiger partial charge in [0.2, 0.25) is 5.60 Å². The zero-order chi connectivity index (χ0) is 21.8. The van der Waals surface area contributed by atoms with E-state index in [2.05, 4.69) is 4.98 Å². The number of carboxylic acids is 2. The number of aryl methyl sites for hydroxylation is 1. The van der Waals surface area contributed by atoms with Gasteiger partial charge in [0.25, 0.3) is 0 Å². The second kappa shape index (κ2) is 8.87. The van der Waals surface area contributed by atoms with E-state index in [0.29, 0.717) is 10.6 Å². The topological polar surface area (TPSA) is 154 Å². The van der Waals surface area contributed by atoms with Crippen LogP contribution in [0.3, 0.4) is 0 Å². The molecule has 0 bridgehead atoms. The standard InChI is InChI=1S/C11H12O6.C9H7ClN2/c1-6-4-2-3-5-7(6)11(17,10(15)16)8(12)9(13)14;10-6-1-2-7-8(11)3-4-12-9(7)5-6/h2-5,8,12,17H,1H3,(H,13,14)(H,15,16);1-5H,(H2,11,12). The summed E-state index contributed by atoms with van der Waals surface area (Å²) >= 11 is 5.79. The lowest BCUT2D eigenvalue weighted by molar-refractivity contribution is -0.185. The van der Waals surface area contributed by atoms with Gasteiger partial charge in [0.05, 0.1) is 5.52 Å². The molecular formula is C20H19ClN2O6. The number of aliphatic carboxylic acids is 2. The largest absolute Gasteiger partial charge is 0.479 e. The molecule has 8 nitrogen and oxygen atoms in total. The highest BCUT2D eigenvalue weighted by Gasteiger charge is 2.50. The van der Waals surface area contributed by atoms with Crippen LogP contribution in [0, 0.1) is 6.92 Å². The van der Waals surface area contributed by atoms with Crippen LogP contribution >= 0.6 is 11.6 Å². The minimum absolute atomic E-state index is 0.151. The first-order valence-corrected chi connectivity index (χ1v) is 8.69. The van der Waals surface area contributed by atoms with Crippen molar-refractivity contribution in [2.45, 2.75) is 18.6 Å². The molecule has 3 rings (SSSR count). The molecule has 3 aromatic rings. The number of rotatable bonds is 4. The summed E-state index contributed by atoms with van der Waals surface area (Å²) in [5, 5.41) is 38.5. The van der Waals surface area contributed by atoms with E-state index in [1.807, 2.05) is 12.1 Å². The van der Waals surface area contributed by atoms with Crippen molar-refractivity contribution in [1.82, 2.24) is 4.98 Å². The number of pyridine rings is 1. The predicted molar refractivity (Wildman–Crippen MR) is 108 cm³/mol. The number of carboxylic acid groups (broad SMARTS) is 2. The predicted octanol–water partition coefficient (Wildman–Crippen LogP) is 2.18. The van der Waals surface area contributed by atoms with E-state index in [0.717, 1.165) is 16.6 Å². The molecule has 9 heteroatoms. The lowest BCUT2D eigenvalue weighted by Crippen LogP contribution is -2.51. The molecule has 2 atom stereocenters. The number of nitrogens with two attached hydrogens (primary N) is 1. The van der Waals surface area contributed by atoms with Crippen LogP contribution in [-0.2, 0) is 15.2 Å². The maximum Gasteiger partial charge on any atom is 0.343 e. The maximum absolute atomic E-state index is 11.0. The summed E-state index contributed by atoms with van der Waals surface area (Å²) in [5.41, 5.74) is 4.65. The van der Waals surface area contributed by atoms with E-state index >= 15 is 0 Å². The second-order valence-electron chi connectivity index (χ2n) is 6.19. The molecule has 0 radical (unpaired) electrons. The number of aliphatic hydroxyl groups excluding tert-OH is 1. The highest BCUT2D eigenvalue weighted by Crippen LogP contribution is 2.28. The molecule has 152 valence electrons. The van der Waals surface area contributed by atoms with Crippen LogP contribution in [0.5, 0.6) is 0 Å². The third-order valence-corrected chi connectivity index (χ3v) is 4.48.